The average Bonchev–Trinajstić information content (AvgIpc) is 2.83. The minimum Gasteiger partial charge on any atom is -0.302 e. The van der Waals surface area contributed by atoms with E-state index in [2.05, 4.69) is 26.2 Å². The van der Waals surface area contributed by atoms with Crippen molar-refractivity contribution in [2.24, 2.45) is 0 Å². The van der Waals surface area contributed by atoms with Gasteiger partial charge in [0.25, 0.3) is 0 Å². The zero-order valence-corrected chi connectivity index (χ0v) is 12.9. The molecular formula is C15H11BrN2OS. The molecule has 1 aromatic heterocycles. The Morgan fingerprint density at radius 2 is 1.95 bits per heavy atom. The normalized spacial score (nSPS) is 10.7. The Labute approximate surface area is 128 Å². The number of para-hydroxylation sites is 1. The van der Waals surface area contributed by atoms with E-state index in [9.17, 15) is 4.79 Å². The quantitative estimate of drug-likeness (QED) is 0.770. The molecule has 0 atom stereocenters. The predicted octanol–water partition coefficient (Wildman–Crippen LogP) is 4.24. The van der Waals surface area contributed by atoms with Gasteiger partial charge in [0.15, 0.2) is 5.13 Å². The van der Waals surface area contributed by atoms with E-state index < -0.39 is 0 Å². The lowest BCUT2D eigenvalue weighted by atomic mass is 10.1. The van der Waals surface area contributed by atoms with Crippen molar-refractivity contribution in [2.45, 2.75) is 6.42 Å². The van der Waals surface area contributed by atoms with E-state index in [-0.39, 0.29) is 5.91 Å². The third kappa shape index (κ3) is 2.89. The van der Waals surface area contributed by atoms with Gasteiger partial charge < -0.3 is 5.32 Å². The largest absolute Gasteiger partial charge is 0.302 e. The number of hydrogen-bond acceptors (Lipinski definition) is 3. The number of aromatic nitrogens is 1. The highest BCUT2D eigenvalue weighted by Gasteiger charge is 2.09. The van der Waals surface area contributed by atoms with E-state index in [0.717, 1.165) is 20.3 Å². The summed E-state index contributed by atoms with van der Waals surface area (Å²) in [5.74, 6) is -0.0496. The lowest BCUT2D eigenvalue weighted by Crippen LogP contribution is -2.13. The van der Waals surface area contributed by atoms with Gasteiger partial charge in [-0.2, -0.15) is 0 Å². The summed E-state index contributed by atoms with van der Waals surface area (Å²) in [6.07, 6.45) is 0.359. The molecule has 3 aromatic rings. The van der Waals surface area contributed by atoms with Crippen LogP contribution in [-0.2, 0) is 11.2 Å². The van der Waals surface area contributed by atoms with Crippen molar-refractivity contribution in [1.29, 1.82) is 0 Å². The standard InChI is InChI=1S/C15H11BrN2OS/c16-11-7-4-8-12-14(11)18-15(20-12)17-13(19)9-10-5-2-1-3-6-10/h1-8H,9H2,(H,17,18,19). The Hall–Kier alpha value is -1.72. The minimum absolute atomic E-state index is 0.0496. The zero-order chi connectivity index (χ0) is 13.9. The van der Waals surface area contributed by atoms with Crippen molar-refractivity contribution >= 4 is 48.5 Å². The Bertz CT molecular complexity index is 755. The topological polar surface area (TPSA) is 42.0 Å². The molecule has 20 heavy (non-hydrogen) atoms. The van der Waals surface area contributed by atoms with Crippen LogP contribution in [0, 0.1) is 0 Å². The van der Waals surface area contributed by atoms with Crippen molar-refractivity contribution in [3.63, 3.8) is 0 Å². The molecule has 1 amide bonds. The van der Waals surface area contributed by atoms with Crippen LogP contribution in [-0.4, -0.2) is 10.9 Å². The number of thiazole rings is 1. The summed E-state index contributed by atoms with van der Waals surface area (Å²) < 4.78 is 1.99. The smallest absolute Gasteiger partial charge is 0.230 e. The Morgan fingerprint density at radius 3 is 2.70 bits per heavy atom. The number of fused-ring (bicyclic) bond motifs is 1. The highest BCUT2D eigenvalue weighted by Crippen LogP contribution is 2.30. The van der Waals surface area contributed by atoms with Crippen LogP contribution in [0.2, 0.25) is 0 Å². The van der Waals surface area contributed by atoms with E-state index in [1.54, 1.807) is 0 Å². The van der Waals surface area contributed by atoms with Gasteiger partial charge in [0, 0.05) is 4.47 Å². The summed E-state index contributed by atoms with van der Waals surface area (Å²) >= 11 is 4.94. The maximum absolute atomic E-state index is 12.0. The van der Waals surface area contributed by atoms with Gasteiger partial charge in [-0.05, 0) is 33.6 Å². The predicted molar refractivity (Wildman–Crippen MR) is 86.1 cm³/mol. The molecule has 0 bridgehead atoms. The summed E-state index contributed by atoms with van der Waals surface area (Å²) in [4.78, 5) is 16.4. The second-order valence-corrected chi connectivity index (χ2v) is 6.20. The molecule has 0 aliphatic carbocycles. The number of rotatable bonds is 3. The maximum Gasteiger partial charge on any atom is 0.230 e. The van der Waals surface area contributed by atoms with Crippen LogP contribution in [0.4, 0.5) is 5.13 Å². The fraction of sp³-hybridized carbons (Fsp3) is 0.0667. The molecule has 0 spiro atoms. The fourth-order valence-electron chi connectivity index (χ4n) is 1.91. The summed E-state index contributed by atoms with van der Waals surface area (Å²) in [6, 6.07) is 15.6. The van der Waals surface area contributed by atoms with E-state index in [4.69, 9.17) is 0 Å². The number of amides is 1. The summed E-state index contributed by atoms with van der Waals surface area (Å²) in [6.45, 7) is 0. The summed E-state index contributed by atoms with van der Waals surface area (Å²) in [5, 5.41) is 3.49. The first-order chi connectivity index (χ1) is 9.72. The monoisotopic (exact) mass is 346 g/mol. The summed E-state index contributed by atoms with van der Waals surface area (Å²) in [5.41, 5.74) is 1.87. The molecule has 3 nitrogen and oxygen atoms in total. The van der Waals surface area contributed by atoms with Crippen LogP contribution in [0.25, 0.3) is 10.2 Å². The van der Waals surface area contributed by atoms with Gasteiger partial charge in [-0.25, -0.2) is 4.98 Å². The molecule has 2 aromatic carbocycles. The van der Waals surface area contributed by atoms with Gasteiger partial charge in [-0.15, -0.1) is 0 Å². The number of carbonyl (C=O) groups is 1. The highest BCUT2D eigenvalue weighted by molar-refractivity contribution is 9.10. The third-order valence-corrected chi connectivity index (χ3v) is 4.40. The van der Waals surface area contributed by atoms with Gasteiger partial charge in [-0.3, -0.25) is 4.79 Å². The summed E-state index contributed by atoms with van der Waals surface area (Å²) in [7, 11) is 0. The molecule has 0 radical (unpaired) electrons. The Balaban J connectivity index is 1.76. The molecule has 3 rings (SSSR count). The second-order valence-electron chi connectivity index (χ2n) is 4.32. The van der Waals surface area contributed by atoms with Crippen LogP contribution in [0.1, 0.15) is 5.56 Å². The number of nitrogens with zero attached hydrogens (tertiary/aromatic N) is 1. The lowest BCUT2D eigenvalue weighted by molar-refractivity contribution is -0.115. The maximum atomic E-state index is 12.0. The third-order valence-electron chi connectivity index (χ3n) is 2.82. The van der Waals surface area contributed by atoms with E-state index in [1.807, 2.05) is 48.5 Å². The average molecular weight is 347 g/mol. The first-order valence-corrected chi connectivity index (χ1v) is 7.72. The highest BCUT2D eigenvalue weighted by atomic mass is 79.9. The molecule has 0 saturated heterocycles. The van der Waals surface area contributed by atoms with Crippen LogP contribution < -0.4 is 5.32 Å². The molecule has 100 valence electrons. The molecule has 5 heteroatoms. The van der Waals surface area contributed by atoms with Crippen molar-refractivity contribution in [3.05, 3.63) is 58.6 Å². The van der Waals surface area contributed by atoms with Crippen LogP contribution >= 0.6 is 27.3 Å². The number of nitrogens with one attached hydrogen (secondary N) is 1. The SMILES string of the molecule is O=C(Cc1ccccc1)Nc1nc2c(Br)cccc2s1. The Kier molecular flexibility index (Phi) is 3.80. The number of benzene rings is 2. The van der Waals surface area contributed by atoms with E-state index in [0.29, 0.717) is 11.6 Å². The van der Waals surface area contributed by atoms with Gasteiger partial charge in [-0.1, -0.05) is 47.7 Å². The first kappa shape index (κ1) is 13.3. The van der Waals surface area contributed by atoms with Crippen LogP contribution in [0.3, 0.4) is 0 Å². The molecule has 1 heterocycles. The minimum atomic E-state index is -0.0496. The lowest BCUT2D eigenvalue weighted by Gasteiger charge is -2.01. The van der Waals surface area contributed by atoms with E-state index >= 15 is 0 Å². The van der Waals surface area contributed by atoms with Gasteiger partial charge in [0.05, 0.1) is 16.6 Å². The van der Waals surface area contributed by atoms with Gasteiger partial charge in [0.1, 0.15) is 0 Å². The number of carbonyl (C=O) groups excluding carboxylic acids is 1. The van der Waals surface area contributed by atoms with Crippen molar-refractivity contribution < 1.29 is 4.79 Å². The second kappa shape index (κ2) is 5.73. The van der Waals surface area contributed by atoms with Crippen molar-refractivity contribution in [2.75, 3.05) is 5.32 Å². The van der Waals surface area contributed by atoms with Crippen molar-refractivity contribution in [1.82, 2.24) is 4.98 Å². The van der Waals surface area contributed by atoms with Gasteiger partial charge >= 0.3 is 0 Å². The molecule has 0 aliphatic heterocycles. The van der Waals surface area contributed by atoms with Crippen LogP contribution in [0.15, 0.2) is 53.0 Å². The molecule has 0 unspecified atom stereocenters. The van der Waals surface area contributed by atoms with E-state index in [1.165, 1.54) is 11.3 Å². The molecule has 0 aliphatic rings. The molecule has 1 N–H and O–H groups in total. The zero-order valence-electron chi connectivity index (χ0n) is 10.5. The number of halogens is 1. The van der Waals surface area contributed by atoms with Gasteiger partial charge in [0.2, 0.25) is 5.91 Å². The molecule has 0 saturated carbocycles. The first-order valence-electron chi connectivity index (χ1n) is 6.11. The number of anilines is 1. The molecule has 0 fully saturated rings. The van der Waals surface area contributed by atoms with Crippen molar-refractivity contribution in [3.8, 4) is 0 Å². The van der Waals surface area contributed by atoms with Crippen LogP contribution in [0.5, 0.6) is 0 Å². The fourth-order valence-corrected chi connectivity index (χ4v) is 3.41. The number of hydrogen-bond donors (Lipinski definition) is 1. The molecular weight excluding hydrogens is 336 g/mol. The Morgan fingerprint density at radius 1 is 1.15 bits per heavy atom.